The van der Waals surface area contributed by atoms with Gasteiger partial charge in [-0.3, -0.25) is 14.8 Å². The minimum atomic E-state index is -10.1. The molecule has 0 aliphatic heterocycles. The van der Waals surface area contributed by atoms with Crippen molar-refractivity contribution in [1.29, 1.82) is 0 Å². The second-order valence-corrected chi connectivity index (χ2v) is 6.35. The monoisotopic (exact) mass is 337 g/mol. The van der Waals surface area contributed by atoms with Gasteiger partial charge in [0.1, 0.15) is 4.90 Å². The van der Waals surface area contributed by atoms with Gasteiger partial charge in [0.15, 0.2) is 0 Å². The molecule has 0 aromatic heterocycles. The minimum Gasteiger partial charge on any atom is -0.733 e. The zero-order valence-corrected chi connectivity index (χ0v) is 11.4. The molecular formula is C9H10F5N2O4S-. The number of carbonyl (C=O) groups is 1. The molecule has 0 atom stereocenters. The normalized spacial score (nSPS) is 15.1. The van der Waals surface area contributed by atoms with Gasteiger partial charge in [0.25, 0.3) is 5.91 Å². The van der Waals surface area contributed by atoms with Crippen molar-refractivity contribution in [2.24, 2.45) is 0 Å². The van der Waals surface area contributed by atoms with Gasteiger partial charge in [-0.15, -0.1) is 0 Å². The summed E-state index contributed by atoms with van der Waals surface area (Å²) in [4.78, 5) is 13.6. The van der Waals surface area contributed by atoms with Crippen LogP contribution in [0.1, 0.15) is 10.4 Å². The van der Waals surface area contributed by atoms with Gasteiger partial charge in [-0.05, 0) is 18.2 Å². The molecule has 1 aromatic carbocycles. The van der Waals surface area contributed by atoms with Crippen molar-refractivity contribution in [3.63, 3.8) is 0 Å². The summed E-state index contributed by atoms with van der Waals surface area (Å²) in [5.41, 5.74) is -2.08. The van der Waals surface area contributed by atoms with Crippen molar-refractivity contribution in [2.75, 3.05) is 19.4 Å². The minimum absolute atomic E-state index is 0.119. The van der Waals surface area contributed by atoms with Crippen LogP contribution in [0.25, 0.3) is 0 Å². The predicted octanol–water partition coefficient (Wildman–Crippen LogP) is 3.67. The first kappa shape index (κ1) is 17.4. The molecule has 12 heteroatoms. The number of carbonyl (C=O) groups excluding carboxylic acids is 1. The molecule has 0 saturated carbocycles. The Balaban J connectivity index is 3.57. The molecule has 1 aromatic rings. The fourth-order valence-corrected chi connectivity index (χ4v) is 2.00. The summed E-state index contributed by atoms with van der Waals surface area (Å²) in [5.74, 6) is -1.22. The summed E-state index contributed by atoms with van der Waals surface area (Å²) in [6.45, 7) is 0. The lowest BCUT2D eigenvalue weighted by Gasteiger charge is -2.41. The van der Waals surface area contributed by atoms with E-state index in [0.717, 1.165) is 14.2 Å². The Kier molecular flexibility index (Phi) is 3.68. The molecule has 0 aliphatic carbocycles. The summed E-state index contributed by atoms with van der Waals surface area (Å²) < 4.78 is 63.8. The Morgan fingerprint density at radius 1 is 1.24 bits per heavy atom. The van der Waals surface area contributed by atoms with Crippen LogP contribution in [0.5, 0.6) is 0 Å². The first-order chi connectivity index (χ1) is 9.15. The Morgan fingerprint density at radius 3 is 2.14 bits per heavy atom. The van der Waals surface area contributed by atoms with Gasteiger partial charge in [-0.2, -0.15) is 0 Å². The standard InChI is InChI=1S/C9H10F5N2O4S/c1-15(20-2)9(17)6-3-7(16(18)19)5-8(4-6)21(10,11,12,13)14/h3-5,18H,1-2H3/q-1. The summed E-state index contributed by atoms with van der Waals surface area (Å²) in [7, 11) is -8.11. The van der Waals surface area contributed by atoms with E-state index in [1.807, 2.05) is 0 Å². The van der Waals surface area contributed by atoms with E-state index in [1.165, 1.54) is 0 Å². The van der Waals surface area contributed by atoms with Gasteiger partial charge in [0.05, 0.1) is 12.8 Å². The highest BCUT2D eigenvalue weighted by atomic mass is 32.5. The van der Waals surface area contributed by atoms with E-state index in [2.05, 4.69) is 4.84 Å². The lowest BCUT2D eigenvalue weighted by atomic mass is 10.2. The van der Waals surface area contributed by atoms with E-state index in [1.54, 1.807) is 0 Å². The lowest BCUT2D eigenvalue weighted by Crippen LogP contribution is -2.26. The Hall–Kier alpha value is -1.63. The quantitative estimate of drug-likeness (QED) is 0.670. The number of rotatable bonds is 4. The molecule has 0 bridgehead atoms. The maximum Gasteiger partial charge on any atom is 0.310 e. The van der Waals surface area contributed by atoms with E-state index in [4.69, 9.17) is 5.21 Å². The first-order valence-electron chi connectivity index (χ1n) is 5.03. The molecule has 0 unspecified atom stereocenters. The number of halogens is 5. The summed E-state index contributed by atoms with van der Waals surface area (Å²) >= 11 is 0. The Labute approximate surface area is 115 Å². The molecule has 122 valence electrons. The number of hydrogen-bond acceptors (Lipinski definition) is 5. The van der Waals surface area contributed by atoms with E-state index < -0.39 is 37.5 Å². The van der Waals surface area contributed by atoms with E-state index in [0.29, 0.717) is 11.1 Å². The van der Waals surface area contributed by atoms with Crippen molar-refractivity contribution >= 4 is 21.8 Å². The second kappa shape index (κ2) is 4.43. The molecule has 21 heavy (non-hydrogen) atoms. The van der Waals surface area contributed by atoms with E-state index in [9.17, 15) is 29.4 Å². The molecule has 0 fully saturated rings. The van der Waals surface area contributed by atoms with Crippen molar-refractivity contribution in [3.05, 3.63) is 29.0 Å². The molecule has 0 heterocycles. The van der Waals surface area contributed by atoms with E-state index in [-0.39, 0.29) is 12.1 Å². The number of amides is 1. The van der Waals surface area contributed by atoms with Gasteiger partial charge in [0, 0.05) is 12.6 Å². The SMILES string of the molecule is CON(C)C(=O)c1cc(N([O-])O)cc(S(F)(F)(F)(F)F)c1. The highest BCUT2D eigenvalue weighted by Gasteiger charge is 2.65. The molecule has 6 nitrogen and oxygen atoms in total. The molecular weight excluding hydrogens is 327 g/mol. The van der Waals surface area contributed by atoms with Crippen molar-refractivity contribution in [1.82, 2.24) is 5.06 Å². The summed E-state index contributed by atoms with van der Waals surface area (Å²) in [6.07, 6.45) is 0. The number of benzene rings is 1. The third kappa shape index (κ3) is 4.17. The van der Waals surface area contributed by atoms with Crippen LogP contribution in [0.3, 0.4) is 0 Å². The fourth-order valence-electron chi connectivity index (χ4n) is 1.30. The third-order valence-corrected chi connectivity index (χ3v) is 3.49. The van der Waals surface area contributed by atoms with Crippen LogP contribution in [0.2, 0.25) is 0 Å². The number of nitrogens with zero attached hydrogens (tertiary/aromatic N) is 2. The zero-order chi connectivity index (χ0) is 16.7. The van der Waals surface area contributed by atoms with Crippen LogP contribution in [-0.2, 0) is 4.84 Å². The average molecular weight is 337 g/mol. The predicted molar refractivity (Wildman–Crippen MR) is 64.6 cm³/mol. The number of anilines is 1. The number of hydrogen-bond donors (Lipinski definition) is 1. The van der Waals surface area contributed by atoms with Crippen LogP contribution in [0, 0.1) is 5.21 Å². The maximum absolute atomic E-state index is 12.8. The van der Waals surface area contributed by atoms with E-state index >= 15 is 0 Å². The first-order valence-corrected chi connectivity index (χ1v) is 6.98. The highest BCUT2D eigenvalue weighted by molar-refractivity contribution is 8.45. The largest absolute Gasteiger partial charge is 0.733 e. The van der Waals surface area contributed by atoms with Crippen LogP contribution >= 0.6 is 10.2 Å². The Morgan fingerprint density at radius 2 is 1.76 bits per heavy atom. The molecule has 1 amide bonds. The second-order valence-electron chi connectivity index (χ2n) is 3.94. The van der Waals surface area contributed by atoms with Gasteiger partial charge in [-0.1, -0.05) is 19.4 Å². The van der Waals surface area contributed by atoms with Crippen LogP contribution < -0.4 is 5.23 Å². The summed E-state index contributed by atoms with van der Waals surface area (Å²) in [6, 6.07) is 0.141. The zero-order valence-electron chi connectivity index (χ0n) is 10.6. The van der Waals surface area contributed by atoms with Crippen LogP contribution in [0.4, 0.5) is 25.1 Å². The smallest absolute Gasteiger partial charge is 0.310 e. The number of hydroxylamine groups is 2. The highest BCUT2D eigenvalue weighted by Crippen LogP contribution is 3.02. The van der Waals surface area contributed by atoms with Crippen molar-refractivity contribution in [2.45, 2.75) is 4.90 Å². The van der Waals surface area contributed by atoms with Gasteiger partial charge >= 0.3 is 10.2 Å². The summed E-state index contributed by atoms with van der Waals surface area (Å²) in [5, 5.41) is 18.7. The molecule has 0 saturated heterocycles. The molecule has 0 radical (unpaired) electrons. The third-order valence-electron chi connectivity index (χ3n) is 2.36. The van der Waals surface area contributed by atoms with Gasteiger partial charge in [-0.25, -0.2) is 5.06 Å². The Bertz CT molecular complexity index is 577. The maximum atomic E-state index is 12.8. The molecule has 0 aliphatic rings. The average Bonchev–Trinajstić information content (AvgIpc) is 2.33. The molecule has 1 rings (SSSR count). The topological polar surface area (TPSA) is 76.1 Å². The van der Waals surface area contributed by atoms with Gasteiger partial charge < -0.3 is 10.4 Å². The van der Waals surface area contributed by atoms with Crippen molar-refractivity contribution in [3.8, 4) is 0 Å². The van der Waals surface area contributed by atoms with Crippen molar-refractivity contribution < 1.29 is 34.3 Å². The van der Waals surface area contributed by atoms with Crippen LogP contribution in [0.15, 0.2) is 23.1 Å². The van der Waals surface area contributed by atoms with Crippen LogP contribution in [-0.4, -0.2) is 30.3 Å². The van der Waals surface area contributed by atoms with Gasteiger partial charge in [0.2, 0.25) is 0 Å². The fraction of sp³-hybridized carbons (Fsp3) is 0.222. The molecule has 0 spiro atoms. The lowest BCUT2D eigenvalue weighted by molar-refractivity contribution is -0.0757. The molecule has 1 N–H and O–H groups in total.